The first-order valence-corrected chi connectivity index (χ1v) is 8.82. The van der Waals surface area contributed by atoms with Gasteiger partial charge in [0.1, 0.15) is 6.04 Å². The zero-order chi connectivity index (χ0) is 18.0. The molecule has 3 rings (SSSR count). The standard InChI is InChI=1S/C18H26N4O3.2ClH/c1-13(23)17-16(12-20-8-4-5-9-20)21(10-11-22(17)18(24)25)15-7-3-2-6-14(15)19;;/h2-3,6-7,16-17H,4-5,8-12,19H2,1H3,(H,24,25);2*1H. The number of benzene rings is 1. The van der Waals surface area contributed by atoms with Gasteiger partial charge in [0.2, 0.25) is 0 Å². The molecule has 2 aliphatic rings. The van der Waals surface area contributed by atoms with Crippen LogP contribution in [0.2, 0.25) is 0 Å². The van der Waals surface area contributed by atoms with Crippen molar-refractivity contribution in [3.8, 4) is 0 Å². The Morgan fingerprint density at radius 2 is 1.74 bits per heavy atom. The van der Waals surface area contributed by atoms with Gasteiger partial charge in [0.05, 0.1) is 17.4 Å². The maximum absolute atomic E-state index is 12.4. The van der Waals surface area contributed by atoms with Crippen LogP contribution in [0, 0.1) is 0 Å². The molecule has 2 unspecified atom stereocenters. The third kappa shape index (κ3) is 4.97. The lowest BCUT2D eigenvalue weighted by Gasteiger charge is -2.48. The quantitative estimate of drug-likeness (QED) is 0.729. The fraction of sp³-hybridized carbons (Fsp3) is 0.556. The predicted octanol–water partition coefficient (Wildman–Crippen LogP) is 2.33. The first-order valence-electron chi connectivity index (χ1n) is 8.82. The number of carbonyl (C=O) groups is 2. The van der Waals surface area contributed by atoms with Crippen molar-refractivity contribution in [2.75, 3.05) is 43.4 Å². The first-order chi connectivity index (χ1) is 12.0. The topological polar surface area (TPSA) is 90.1 Å². The number of amides is 1. The molecule has 1 amide bonds. The monoisotopic (exact) mass is 418 g/mol. The van der Waals surface area contributed by atoms with Gasteiger partial charge in [-0.15, -0.1) is 24.8 Å². The summed E-state index contributed by atoms with van der Waals surface area (Å²) < 4.78 is 0. The Kier molecular flexibility index (Phi) is 8.65. The molecule has 2 aliphatic heterocycles. The number of Topliss-reactive ketones (excluding diaryl/α,β-unsaturated/α-hetero) is 1. The van der Waals surface area contributed by atoms with Crippen molar-refractivity contribution >= 4 is 48.1 Å². The highest BCUT2D eigenvalue weighted by Gasteiger charge is 2.43. The van der Waals surface area contributed by atoms with E-state index >= 15 is 0 Å². The Labute approximate surface area is 172 Å². The molecule has 0 radical (unpaired) electrons. The number of ketones is 1. The second kappa shape index (κ2) is 10.0. The van der Waals surface area contributed by atoms with Crippen LogP contribution in [0.4, 0.5) is 16.2 Å². The van der Waals surface area contributed by atoms with E-state index < -0.39 is 12.1 Å². The minimum atomic E-state index is -1.03. The number of halogens is 2. The molecule has 3 N–H and O–H groups in total. The number of hydrogen-bond acceptors (Lipinski definition) is 5. The number of nitrogen functional groups attached to an aromatic ring is 1. The number of carboxylic acid groups (broad SMARTS) is 1. The zero-order valence-corrected chi connectivity index (χ0v) is 17.0. The van der Waals surface area contributed by atoms with E-state index in [1.807, 2.05) is 24.3 Å². The lowest BCUT2D eigenvalue weighted by Crippen LogP contribution is -2.66. The molecule has 0 aromatic heterocycles. The first kappa shape index (κ1) is 23.3. The number of nitrogens with zero attached hydrogens (tertiary/aromatic N) is 3. The summed E-state index contributed by atoms with van der Waals surface area (Å²) in [6, 6.07) is 6.68. The van der Waals surface area contributed by atoms with Crippen LogP contribution in [0.5, 0.6) is 0 Å². The summed E-state index contributed by atoms with van der Waals surface area (Å²) in [7, 11) is 0. The van der Waals surface area contributed by atoms with Gasteiger partial charge in [-0.05, 0) is 45.0 Å². The van der Waals surface area contributed by atoms with Gasteiger partial charge in [-0.2, -0.15) is 0 Å². The molecule has 0 bridgehead atoms. The summed E-state index contributed by atoms with van der Waals surface area (Å²) in [6.45, 7) is 4.96. The van der Waals surface area contributed by atoms with E-state index in [9.17, 15) is 14.7 Å². The van der Waals surface area contributed by atoms with Crippen LogP contribution < -0.4 is 10.6 Å². The van der Waals surface area contributed by atoms with Gasteiger partial charge >= 0.3 is 6.09 Å². The van der Waals surface area contributed by atoms with Crippen molar-refractivity contribution in [2.45, 2.75) is 31.8 Å². The highest BCUT2D eigenvalue weighted by molar-refractivity contribution is 5.87. The molecule has 2 heterocycles. The van der Waals surface area contributed by atoms with Crippen LogP contribution >= 0.6 is 24.8 Å². The molecule has 7 nitrogen and oxygen atoms in total. The van der Waals surface area contributed by atoms with E-state index in [0.717, 1.165) is 31.6 Å². The predicted molar refractivity (Wildman–Crippen MR) is 111 cm³/mol. The minimum absolute atomic E-state index is 0. The van der Waals surface area contributed by atoms with Gasteiger partial charge in [-0.1, -0.05) is 12.1 Å². The highest BCUT2D eigenvalue weighted by atomic mass is 35.5. The SMILES string of the molecule is CC(=O)C1C(CN2CCCC2)N(c2ccccc2N)CCN1C(=O)O.Cl.Cl. The van der Waals surface area contributed by atoms with Gasteiger partial charge in [-0.3, -0.25) is 9.69 Å². The molecule has 0 saturated carbocycles. The minimum Gasteiger partial charge on any atom is -0.465 e. The molecule has 152 valence electrons. The van der Waals surface area contributed by atoms with E-state index in [1.54, 1.807) is 0 Å². The molecule has 0 aliphatic carbocycles. The Hall–Kier alpha value is -1.70. The zero-order valence-electron chi connectivity index (χ0n) is 15.4. The van der Waals surface area contributed by atoms with Crippen LogP contribution in [-0.4, -0.2) is 71.6 Å². The molecule has 0 spiro atoms. The summed E-state index contributed by atoms with van der Waals surface area (Å²) in [5.41, 5.74) is 7.70. The van der Waals surface area contributed by atoms with Gasteiger partial charge in [0, 0.05) is 19.6 Å². The van der Waals surface area contributed by atoms with Crippen molar-refractivity contribution in [2.24, 2.45) is 0 Å². The summed E-state index contributed by atoms with van der Waals surface area (Å²) in [4.78, 5) is 29.8. The summed E-state index contributed by atoms with van der Waals surface area (Å²) in [5.74, 6) is -0.120. The van der Waals surface area contributed by atoms with Crippen molar-refractivity contribution < 1.29 is 14.7 Å². The molecule has 27 heavy (non-hydrogen) atoms. The lowest BCUT2D eigenvalue weighted by molar-refractivity contribution is -0.123. The number of para-hydroxylation sites is 2. The van der Waals surface area contributed by atoms with Crippen molar-refractivity contribution in [3.05, 3.63) is 24.3 Å². The second-order valence-corrected chi connectivity index (χ2v) is 6.86. The van der Waals surface area contributed by atoms with Gasteiger partial charge in [0.25, 0.3) is 0 Å². The van der Waals surface area contributed by atoms with E-state index in [0.29, 0.717) is 25.3 Å². The number of piperazine rings is 1. The maximum atomic E-state index is 12.4. The average molecular weight is 419 g/mol. The van der Waals surface area contributed by atoms with E-state index in [-0.39, 0.29) is 36.6 Å². The molecule has 2 saturated heterocycles. The van der Waals surface area contributed by atoms with Crippen LogP contribution in [0.25, 0.3) is 0 Å². The second-order valence-electron chi connectivity index (χ2n) is 6.86. The smallest absolute Gasteiger partial charge is 0.408 e. The van der Waals surface area contributed by atoms with Crippen molar-refractivity contribution in [1.82, 2.24) is 9.80 Å². The molecule has 2 atom stereocenters. The van der Waals surface area contributed by atoms with Gasteiger partial charge in [-0.25, -0.2) is 4.79 Å². The van der Waals surface area contributed by atoms with Crippen LogP contribution in [0.15, 0.2) is 24.3 Å². The third-order valence-electron chi connectivity index (χ3n) is 5.23. The molecular formula is C18H28Cl2N4O3. The number of hydrogen-bond donors (Lipinski definition) is 2. The molecule has 9 heteroatoms. The van der Waals surface area contributed by atoms with Crippen molar-refractivity contribution in [1.29, 1.82) is 0 Å². The molecule has 2 fully saturated rings. The summed E-state index contributed by atoms with van der Waals surface area (Å²) >= 11 is 0. The normalized spacial score (nSPS) is 22.7. The third-order valence-corrected chi connectivity index (χ3v) is 5.23. The Morgan fingerprint density at radius 3 is 2.30 bits per heavy atom. The summed E-state index contributed by atoms with van der Waals surface area (Å²) in [6.07, 6.45) is 1.26. The van der Waals surface area contributed by atoms with E-state index in [4.69, 9.17) is 5.73 Å². The van der Waals surface area contributed by atoms with Crippen molar-refractivity contribution in [3.63, 3.8) is 0 Å². The van der Waals surface area contributed by atoms with Crippen LogP contribution in [0.1, 0.15) is 19.8 Å². The van der Waals surface area contributed by atoms with E-state index in [1.165, 1.54) is 11.8 Å². The lowest BCUT2D eigenvalue weighted by atomic mass is 9.96. The number of nitrogens with two attached hydrogens (primary N) is 1. The largest absolute Gasteiger partial charge is 0.465 e. The Bertz CT molecular complexity index is 655. The fourth-order valence-corrected chi connectivity index (χ4v) is 4.08. The molecular weight excluding hydrogens is 391 g/mol. The number of carbonyl (C=O) groups excluding carboxylic acids is 1. The maximum Gasteiger partial charge on any atom is 0.408 e. The molecule has 1 aromatic carbocycles. The van der Waals surface area contributed by atoms with E-state index in [2.05, 4.69) is 9.80 Å². The number of rotatable bonds is 4. The Morgan fingerprint density at radius 1 is 1.11 bits per heavy atom. The van der Waals surface area contributed by atoms with Gasteiger partial charge in [0.15, 0.2) is 5.78 Å². The summed E-state index contributed by atoms with van der Waals surface area (Å²) in [5, 5.41) is 9.56. The highest BCUT2D eigenvalue weighted by Crippen LogP contribution is 2.30. The van der Waals surface area contributed by atoms with Gasteiger partial charge < -0.3 is 20.6 Å². The fourth-order valence-electron chi connectivity index (χ4n) is 4.08. The van der Waals surface area contributed by atoms with Crippen LogP contribution in [-0.2, 0) is 4.79 Å². The Balaban J connectivity index is 0.00000182. The number of anilines is 2. The molecule has 1 aromatic rings. The van der Waals surface area contributed by atoms with Crippen LogP contribution in [0.3, 0.4) is 0 Å². The average Bonchev–Trinajstić information content (AvgIpc) is 3.08. The number of likely N-dealkylation sites (tertiary alicyclic amines) is 1.